The molecule has 4 nitrogen and oxygen atoms in total. The van der Waals surface area contributed by atoms with E-state index in [-0.39, 0.29) is 11.8 Å². The lowest BCUT2D eigenvalue weighted by Gasteiger charge is -2.17. The Morgan fingerprint density at radius 1 is 1.15 bits per heavy atom. The molecule has 2 aromatic carbocycles. The molecule has 4 rings (SSSR count). The quantitative estimate of drug-likeness (QED) is 0.536. The monoisotopic (exact) mass is 381 g/mol. The van der Waals surface area contributed by atoms with Crippen molar-refractivity contribution >= 4 is 34.2 Å². The minimum atomic E-state index is 0.102. The van der Waals surface area contributed by atoms with Crippen molar-refractivity contribution in [3.8, 4) is 0 Å². The predicted molar refractivity (Wildman–Crippen MR) is 110 cm³/mol. The third-order valence-electron chi connectivity index (χ3n) is 5.28. The van der Waals surface area contributed by atoms with E-state index in [4.69, 9.17) is 16.6 Å². The molecular formula is C22H24ClN3O. The highest BCUT2D eigenvalue weighted by atomic mass is 35.5. The summed E-state index contributed by atoms with van der Waals surface area (Å²) in [6.07, 6.45) is 4.00. The van der Waals surface area contributed by atoms with Gasteiger partial charge in [-0.15, -0.1) is 0 Å². The van der Waals surface area contributed by atoms with Gasteiger partial charge in [-0.1, -0.05) is 49.6 Å². The van der Waals surface area contributed by atoms with Crippen LogP contribution in [0.15, 0.2) is 48.5 Å². The minimum Gasteiger partial charge on any atom is -0.328 e. The van der Waals surface area contributed by atoms with Gasteiger partial charge in [0.25, 0.3) is 0 Å². The Morgan fingerprint density at radius 2 is 2.00 bits per heavy atom. The second-order valence-electron chi connectivity index (χ2n) is 7.20. The highest BCUT2D eigenvalue weighted by molar-refractivity contribution is 6.30. The number of imidazole rings is 1. The van der Waals surface area contributed by atoms with Gasteiger partial charge in [0.1, 0.15) is 5.82 Å². The van der Waals surface area contributed by atoms with E-state index in [1.165, 1.54) is 12.8 Å². The number of aryl methyl sites for hydroxylation is 1. The average molecular weight is 382 g/mol. The normalized spacial score (nSPS) is 17.2. The number of fused-ring (bicyclic) bond motifs is 1. The van der Waals surface area contributed by atoms with Crippen LogP contribution in [0.25, 0.3) is 11.0 Å². The fraction of sp³-hybridized carbons (Fsp3) is 0.364. The molecule has 0 saturated carbocycles. The number of amides is 1. The number of halogens is 1. The topological polar surface area (TPSA) is 38.1 Å². The summed E-state index contributed by atoms with van der Waals surface area (Å²) in [5.74, 6) is 1.27. The van der Waals surface area contributed by atoms with Crippen molar-refractivity contribution in [3.05, 3.63) is 59.4 Å². The zero-order valence-electron chi connectivity index (χ0n) is 15.6. The molecule has 140 valence electrons. The summed E-state index contributed by atoms with van der Waals surface area (Å²) in [6.45, 7) is 3.81. The van der Waals surface area contributed by atoms with Crippen molar-refractivity contribution in [2.45, 2.75) is 45.1 Å². The van der Waals surface area contributed by atoms with E-state index in [1.807, 2.05) is 35.2 Å². The third-order valence-corrected chi connectivity index (χ3v) is 5.51. The number of aromatic nitrogens is 2. The second-order valence-corrected chi connectivity index (χ2v) is 7.64. The zero-order chi connectivity index (χ0) is 18.8. The summed E-state index contributed by atoms with van der Waals surface area (Å²) in [4.78, 5) is 19.5. The molecule has 1 unspecified atom stereocenters. The molecular weight excluding hydrogens is 358 g/mol. The molecule has 1 aromatic heterocycles. The molecule has 27 heavy (non-hydrogen) atoms. The van der Waals surface area contributed by atoms with E-state index in [2.05, 4.69) is 29.7 Å². The van der Waals surface area contributed by atoms with Gasteiger partial charge in [-0.2, -0.15) is 0 Å². The van der Waals surface area contributed by atoms with Crippen LogP contribution in [0.1, 0.15) is 44.3 Å². The van der Waals surface area contributed by atoms with E-state index in [0.29, 0.717) is 18.0 Å². The molecule has 0 aliphatic carbocycles. The number of carbonyl (C=O) groups excluding carboxylic acids is 1. The lowest BCUT2D eigenvalue weighted by Crippen LogP contribution is -2.24. The molecule has 1 atom stereocenters. The summed E-state index contributed by atoms with van der Waals surface area (Å²) in [7, 11) is 0. The van der Waals surface area contributed by atoms with Crippen LogP contribution in [0.5, 0.6) is 0 Å². The molecule has 3 aromatic rings. The van der Waals surface area contributed by atoms with Crippen molar-refractivity contribution in [2.24, 2.45) is 0 Å². The van der Waals surface area contributed by atoms with Crippen LogP contribution >= 0.6 is 11.6 Å². The van der Waals surface area contributed by atoms with Gasteiger partial charge in [0.05, 0.1) is 11.0 Å². The number of hydrogen-bond acceptors (Lipinski definition) is 2. The molecule has 0 radical (unpaired) electrons. The van der Waals surface area contributed by atoms with Crippen molar-refractivity contribution < 1.29 is 4.79 Å². The van der Waals surface area contributed by atoms with Crippen LogP contribution in [0, 0.1) is 0 Å². The van der Waals surface area contributed by atoms with E-state index < -0.39 is 0 Å². The maximum Gasteiger partial charge on any atom is 0.227 e. The van der Waals surface area contributed by atoms with Gasteiger partial charge in [0, 0.05) is 36.1 Å². The van der Waals surface area contributed by atoms with Crippen LogP contribution in [0.2, 0.25) is 5.02 Å². The zero-order valence-corrected chi connectivity index (χ0v) is 16.3. The molecule has 1 saturated heterocycles. The Hall–Kier alpha value is -2.33. The van der Waals surface area contributed by atoms with Crippen LogP contribution in [0.3, 0.4) is 0 Å². The number of para-hydroxylation sites is 2. The smallest absolute Gasteiger partial charge is 0.227 e. The van der Waals surface area contributed by atoms with Crippen molar-refractivity contribution in [1.29, 1.82) is 0 Å². The van der Waals surface area contributed by atoms with E-state index >= 15 is 0 Å². The SMILES string of the molecule is CCCCCn1c(C2CC(=O)N(c3cccc(Cl)c3)C2)nc2ccccc21. The fourth-order valence-corrected chi connectivity index (χ4v) is 4.12. The van der Waals surface area contributed by atoms with Gasteiger partial charge in [-0.05, 0) is 36.8 Å². The maximum atomic E-state index is 12.7. The average Bonchev–Trinajstić information content (AvgIpc) is 3.23. The Balaban J connectivity index is 1.66. The molecule has 0 spiro atoms. The van der Waals surface area contributed by atoms with E-state index in [9.17, 15) is 4.79 Å². The predicted octanol–water partition coefficient (Wildman–Crippen LogP) is 5.40. The highest BCUT2D eigenvalue weighted by Gasteiger charge is 2.34. The lowest BCUT2D eigenvalue weighted by molar-refractivity contribution is -0.117. The minimum absolute atomic E-state index is 0.102. The number of hydrogen-bond donors (Lipinski definition) is 0. The van der Waals surface area contributed by atoms with Crippen molar-refractivity contribution in [1.82, 2.24) is 9.55 Å². The largest absolute Gasteiger partial charge is 0.328 e. The molecule has 0 bridgehead atoms. The summed E-state index contributed by atoms with van der Waals surface area (Å²) >= 11 is 6.12. The molecule has 2 heterocycles. The van der Waals surface area contributed by atoms with Gasteiger partial charge in [-0.3, -0.25) is 4.79 Å². The molecule has 1 aliphatic rings. The fourth-order valence-electron chi connectivity index (χ4n) is 3.93. The van der Waals surface area contributed by atoms with Crippen molar-refractivity contribution in [2.75, 3.05) is 11.4 Å². The van der Waals surface area contributed by atoms with Gasteiger partial charge in [0.2, 0.25) is 5.91 Å². The second kappa shape index (κ2) is 7.73. The first-order valence-corrected chi connectivity index (χ1v) is 10.1. The molecule has 5 heteroatoms. The Kier molecular flexibility index (Phi) is 5.17. The number of anilines is 1. The third kappa shape index (κ3) is 3.59. The van der Waals surface area contributed by atoms with Crippen LogP contribution in [0.4, 0.5) is 5.69 Å². The van der Waals surface area contributed by atoms with Crippen molar-refractivity contribution in [3.63, 3.8) is 0 Å². The number of rotatable bonds is 6. The van der Waals surface area contributed by atoms with E-state index in [1.54, 1.807) is 0 Å². The first kappa shape index (κ1) is 18.1. The Bertz CT molecular complexity index is 965. The number of nitrogens with zero attached hydrogens (tertiary/aromatic N) is 3. The number of benzene rings is 2. The Morgan fingerprint density at radius 3 is 2.81 bits per heavy atom. The van der Waals surface area contributed by atoms with Gasteiger partial charge in [0.15, 0.2) is 0 Å². The Labute approximate surface area is 164 Å². The first-order valence-electron chi connectivity index (χ1n) is 9.68. The highest BCUT2D eigenvalue weighted by Crippen LogP contribution is 2.34. The molecule has 0 N–H and O–H groups in total. The van der Waals surface area contributed by atoms with E-state index in [0.717, 1.165) is 35.5 Å². The standard InChI is InChI=1S/C22H24ClN3O/c1-2-3-6-12-25-20-11-5-4-10-19(20)24-22(25)16-13-21(27)26(15-16)18-9-7-8-17(23)14-18/h4-5,7-11,14,16H,2-3,6,12-13,15H2,1H3. The summed E-state index contributed by atoms with van der Waals surface area (Å²) in [5, 5.41) is 0.649. The number of carbonyl (C=O) groups is 1. The summed E-state index contributed by atoms with van der Waals surface area (Å²) < 4.78 is 2.32. The van der Waals surface area contributed by atoms with Crippen LogP contribution in [-0.4, -0.2) is 22.0 Å². The van der Waals surface area contributed by atoms with Gasteiger partial charge in [-0.25, -0.2) is 4.98 Å². The van der Waals surface area contributed by atoms with Crippen LogP contribution in [-0.2, 0) is 11.3 Å². The first-order chi connectivity index (χ1) is 13.2. The molecule has 1 fully saturated rings. The number of unbranched alkanes of at least 4 members (excludes halogenated alkanes) is 2. The maximum absolute atomic E-state index is 12.7. The van der Waals surface area contributed by atoms with Crippen LogP contribution < -0.4 is 4.90 Å². The lowest BCUT2D eigenvalue weighted by atomic mass is 10.1. The summed E-state index contributed by atoms with van der Waals surface area (Å²) in [6, 6.07) is 15.8. The van der Waals surface area contributed by atoms with Gasteiger partial charge >= 0.3 is 0 Å². The summed E-state index contributed by atoms with van der Waals surface area (Å²) in [5.41, 5.74) is 3.04. The van der Waals surface area contributed by atoms with Gasteiger partial charge < -0.3 is 9.47 Å². The molecule has 1 amide bonds. The molecule has 1 aliphatic heterocycles.